The van der Waals surface area contributed by atoms with Crippen molar-refractivity contribution in [1.29, 1.82) is 0 Å². The average Bonchev–Trinajstić information content (AvgIpc) is 2.72. The summed E-state index contributed by atoms with van der Waals surface area (Å²) in [5.41, 5.74) is 1.18. The molecule has 9 nitrogen and oxygen atoms in total. The summed E-state index contributed by atoms with van der Waals surface area (Å²) < 4.78 is 5.49. The van der Waals surface area contributed by atoms with Gasteiger partial charge < -0.3 is 20.5 Å². The zero-order chi connectivity index (χ0) is 21.9. The molecule has 0 radical (unpaired) electrons. The van der Waals surface area contributed by atoms with Crippen LogP contribution < -0.4 is 15.4 Å². The molecule has 0 saturated carbocycles. The number of aliphatic hydroxyl groups is 1. The molecular formula is C21H33N5O4. The van der Waals surface area contributed by atoms with Gasteiger partial charge in [-0.15, -0.1) is 0 Å². The van der Waals surface area contributed by atoms with Gasteiger partial charge in [-0.3, -0.25) is 20.0 Å². The zero-order valence-electron chi connectivity index (χ0n) is 17.8. The first-order chi connectivity index (χ1) is 14.4. The summed E-state index contributed by atoms with van der Waals surface area (Å²) in [4.78, 5) is 17.1. The van der Waals surface area contributed by atoms with Gasteiger partial charge in [0.1, 0.15) is 18.5 Å². The van der Waals surface area contributed by atoms with Crippen molar-refractivity contribution in [3.63, 3.8) is 0 Å². The van der Waals surface area contributed by atoms with Crippen molar-refractivity contribution in [2.24, 2.45) is 4.99 Å². The molecule has 2 rings (SSSR count). The van der Waals surface area contributed by atoms with Crippen molar-refractivity contribution in [2.75, 3.05) is 39.3 Å². The summed E-state index contributed by atoms with van der Waals surface area (Å²) in [5.74, 6) is 1.15. The molecule has 0 aliphatic carbocycles. The Kier molecular flexibility index (Phi) is 9.56. The SMILES string of the molecule is C=C(C)CN1CCC(NC(=NCC(O)COc2ccc([N+](=O)[O-])cc2)NCC)CC1. The number of guanidine groups is 1. The number of piperidine rings is 1. The van der Waals surface area contributed by atoms with Crippen LogP contribution in [0.2, 0.25) is 0 Å². The Morgan fingerprint density at radius 3 is 2.63 bits per heavy atom. The molecule has 1 atom stereocenters. The quantitative estimate of drug-likeness (QED) is 0.175. The molecule has 1 aliphatic heterocycles. The summed E-state index contributed by atoms with van der Waals surface area (Å²) in [6.07, 6.45) is 1.28. The van der Waals surface area contributed by atoms with E-state index in [0.29, 0.717) is 17.8 Å². The lowest BCUT2D eigenvalue weighted by molar-refractivity contribution is -0.384. The molecule has 1 aliphatic rings. The second-order valence-electron chi connectivity index (χ2n) is 7.59. The number of likely N-dealkylation sites (tertiary alicyclic amines) is 1. The summed E-state index contributed by atoms with van der Waals surface area (Å²) >= 11 is 0. The number of nitro benzene ring substituents is 1. The van der Waals surface area contributed by atoms with Crippen LogP contribution >= 0.6 is 0 Å². The number of nitro groups is 1. The fraction of sp³-hybridized carbons (Fsp3) is 0.571. The van der Waals surface area contributed by atoms with Crippen molar-refractivity contribution >= 4 is 11.6 Å². The van der Waals surface area contributed by atoms with Crippen molar-refractivity contribution in [1.82, 2.24) is 15.5 Å². The summed E-state index contributed by atoms with van der Waals surface area (Å²) in [6.45, 7) is 12.0. The predicted octanol–water partition coefficient (Wildman–Crippen LogP) is 1.93. The molecule has 1 heterocycles. The molecule has 0 bridgehead atoms. The van der Waals surface area contributed by atoms with Crippen LogP contribution in [0.15, 0.2) is 41.4 Å². The molecule has 0 spiro atoms. The van der Waals surface area contributed by atoms with Crippen LogP contribution in [0.3, 0.4) is 0 Å². The molecular weight excluding hydrogens is 386 g/mol. The molecule has 1 saturated heterocycles. The van der Waals surface area contributed by atoms with Gasteiger partial charge in [0.05, 0.1) is 11.5 Å². The third-order valence-electron chi connectivity index (χ3n) is 4.72. The lowest BCUT2D eigenvalue weighted by Crippen LogP contribution is -2.49. The smallest absolute Gasteiger partial charge is 0.269 e. The van der Waals surface area contributed by atoms with Crippen LogP contribution in [0.4, 0.5) is 5.69 Å². The average molecular weight is 420 g/mol. The zero-order valence-corrected chi connectivity index (χ0v) is 17.8. The van der Waals surface area contributed by atoms with Gasteiger partial charge in [-0.25, -0.2) is 0 Å². The number of nitrogens with zero attached hydrogens (tertiary/aromatic N) is 3. The van der Waals surface area contributed by atoms with E-state index in [2.05, 4.69) is 34.0 Å². The highest BCUT2D eigenvalue weighted by molar-refractivity contribution is 5.80. The fourth-order valence-corrected chi connectivity index (χ4v) is 3.24. The van der Waals surface area contributed by atoms with E-state index >= 15 is 0 Å². The number of non-ortho nitro benzene ring substituents is 1. The number of rotatable bonds is 10. The van der Waals surface area contributed by atoms with Crippen molar-refractivity contribution < 1.29 is 14.8 Å². The highest BCUT2D eigenvalue weighted by Crippen LogP contribution is 2.17. The maximum absolute atomic E-state index is 10.7. The minimum Gasteiger partial charge on any atom is -0.491 e. The number of hydrogen-bond donors (Lipinski definition) is 3. The number of hydrogen-bond acceptors (Lipinski definition) is 6. The van der Waals surface area contributed by atoms with Crippen molar-refractivity contribution in [3.8, 4) is 5.75 Å². The first kappa shape index (κ1) is 23.6. The van der Waals surface area contributed by atoms with Crippen LogP contribution in [0, 0.1) is 10.1 Å². The number of benzene rings is 1. The van der Waals surface area contributed by atoms with Crippen molar-refractivity contribution in [2.45, 2.75) is 38.8 Å². The monoisotopic (exact) mass is 419 g/mol. The maximum atomic E-state index is 10.7. The first-order valence-corrected chi connectivity index (χ1v) is 10.3. The molecule has 1 fully saturated rings. The second kappa shape index (κ2) is 12.1. The highest BCUT2D eigenvalue weighted by atomic mass is 16.6. The molecule has 1 aromatic carbocycles. The van der Waals surface area contributed by atoms with Gasteiger partial charge in [0, 0.05) is 44.4 Å². The lowest BCUT2D eigenvalue weighted by atomic mass is 10.0. The second-order valence-corrected chi connectivity index (χ2v) is 7.59. The molecule has 0 amide bonds. The Hall–Kier alpha value is -2.65. The Labute approximate surface area is 178 Å². The van der Waals surface area contributed by atoms with Crippen LogP contribution in [0.25, 0.3) is 0 Å². The van der Waals surface area contributed by atoms with Crippen LogP contribution in [0.1, 0.15) is 26.7 Å². The van der Waals surface area contributed by atoms with Gasteiger partial charge in [-0.2, -0.15) is 0 Å². The van der Waals surface area contributed by atoms with E-state index < -0.39 is 11.0 Å². The topological polar surface area (TPSA) is 112 Å². The van der Waals surface area contributed by atoms with E-state index in [9.17, 15) is 15.2 Å². The standard InChI is InChI=1S/C21H33N5O4/c1-4-22-21(24-17-9-11-25(12-10-17)14-16(2)3)23-13-19(27)15-30-20-7-5-18(6-8-20)26(28)29/h5-8,17,19,27H,2,4,9-15H2,1,3H3,(H2,22,23,24). The molecule has 9 heteroatoms. The Balaban J connectivity index is 1.77. The largest absolute Gasteiger partial charge is 0.491 e. The normalized spacial score (nSPS) is 16.7. The minimum absolute atomic E-state index is 0.000634. The number of nitrogens with one attached hydrogen (secondary N) is 2. The van der Waals surface area contributed by atoms with Gasteiger partial charge in [0.2, 0.25) is 0 Å². The maximum Gasteiger partial charge on any atom is 0.269 e. The number of aliphatic hydroxyl groups excluding tert-OH is 1. The molecule has 1 unspecified atom stereocenters. The number of ether oxygens (including phenoxy) is 1. The first-order valence-electron chi connectivity index (χ1n) is 10.3. The van der Waals surface area contributed by atoms with E-state index in [-0.39, 0.29) is 18.8 Å². The van der Waals surface area contributed by atoms with Gasteiger partial charge in [-0.1, -0.05) is 12.2 Å². The van der Waals surface area contributed by atoms with Gasteiger partial charge in [0.15, 0.2) is 5.96 Å². The van der Waals surface area contributed by atoms with Gasteiger partial charge >= 0.3 is 0 Å². The Morgan fingerprint density at radius 2 is 2.07 bits per heavy atom. The van der Waals surface area contributed by atoms with Crippen LogP contribution in [-0.4, -0.2) is 72.4 Å². The molecule has 1 aromatic rings. The van der Waals surface area contributed by atoms with Gasteiger partial charge in [0.25, 0.3) is 5.69 Å². The van der Waals surface area contributed by atoms with E-state index in [1.54, 1.807) is 0 Å². The third kappa shape index (κ3) is 8.38. The highest BCUT2D eigenvalue weighted by Gasteiger charge is 2.20. The van der Waals surface area contributed by atoms with Crippen LogP contribution in [0.5, 0.6) is 5.75 Å². The third-order valence-corrected chi connectivity index (χ3v) is 4.72. The molecule has 30 heavy (non-hydrogen) atoms. The van der Waals surface area contributed by atoms with Crippen molar-refractivity contribution in [3.05, 3.63) is 46.5 Å². The van der Waals surface area contributed by atoms with E-state index in [1.807, 2.05) is 6.92 Å². The fourth-order valence-electron chi connectivity index (χ4n) is 3.24. The summed E-state index contributed by atoms with van der Waals surface area (Å²) in [7, 11) is 0. The minimum atomic E-state index is -0.784. The Morgan fingerprint density at radius 1 is 1.40 bits per heavy atom. The Bertz CT molecular complexity index is 715. The number of aliphatic imine (C=N–C) groups is 1. The van der Waals surface area contributed by atoms with E-state index in [0.717, 1.165) is 39.0 Å². The van der Waals surface area contributed by atoms with E-state index in [1.165, 1.54) is 29.8 Å². The lowest BCUT2D eigenvalue weighted by Gasteiger charge is -2.33. The molecule has 3 N–H and O–H groups in total. The predicted molar refractivity (Wildman–Crippen MR) is 118 cm³/mol. The van der Waals surface area contributed by atoms with Crippen LogP contribution in [-0.2, 0) is 0 Å². The van der Waals surface area contributed by atoms with Gasteiger partial charge in [-0.05, 0) is 38.8 Å². The summed E-state index contributed by atoms with van der Waals surface area (Å²) in [6, 6.07) is 6.11. The summed E-state index contributed by atoms with van der Waals surface area (Å²) in [5, 5.41) is 27.5. The molecule has 166 valence electrons. The molecule has 0 aromatic heterocycles. The van der Waals surface area contributed by atoms with E-state index in [4.69, 9.17) is 4.74 Å².